The largest absolute Gasteiger partial charge is 0.468 e. The van der Waals surface area contributed by atoms with Gasteiger partial charge in [0, 0.05) is 22.9 Å². The van der Waals surface area contributed by atoms with Crippen LogP contribution in [0.5, 0.6) is 0 Å². The van der Waals surface area contributed by atoms with Crippen molar-refractivity contribution in [1.82, 2.24) is 5.32 Å². The number of nitrogens with one attached hydrogen (secondary N) is 1. The number of carbonyl (C=O) groups excluding carboxylic acids is 2. The highest BCUT2D eigenvalue weighted by Crippen LogP contribution is 2.64. The molecule has 0 radical (unpaired) electrons. The third-order valence-electron chi connectivity index (χ3n) is 8.43. The predicted octanol–water partition coefficient (Wildman–Crippen LogP) is 4.81. The average molecular weight is 554 g/mol. The molecule has 2 N–H and O–H groups in total. The number of hydrogen-bond donors (Lipinski definition) is 2. The second kappa shape index (κ2) is 10.2. The molecule has 2 fully saturated rings. The highest BCUT2D eigenvalue weighted by molar-refractivity contribution is 7.85. The number of esters is 1. The number of ether oxygens (including phenoxy) is 1. The number of halogens is 1. The van der Waals surface area contributed by atoms with Gasteiger partial charge in [0.1, 0.15) is 11.7 Å². The SMILES string of the molecule is CC1(C)C2CCC1(CS(=O)(=O)O)C(=O)C2.COC(=O)C(c1ccccc1Cl)[C@@H]1NCCc2sccc21. The summed E-state index contributed by atoms with van der Waals surface area (Å²) in [5.41, 5.74) is 0.870. The third kappa shape index (κ3) is 4.88. The van der Waals surface area contributed by atoms with Gasteiger partial charge in [-0.25, -0.2) is 0 Å². The summed E-state index contributed by atoms with van der Waals surface area (Å²) >= 11 is 8.05. The Balaban J connectivity index is 0.000000179. The minimum Gasteiger partial charge on any atom is -0.468 e. The van der Waals surface area contributed by atoms with Crippen LogP contribution in [0.4, 0.5) is 0 Å². The maximum absolute atomic E-state index is 12.4. The topological polar surface area (TPSA) is 110 Å². The first kappa shape index (κ1) is 27.3. The van der Waals surface area contributed by atoms with E-state index in [-0.39, 0.29) is 29.1 Å². The number of rotatable bonds is 5. The van der Waals surface area contributed by atoms with Crippen molar-refractivity contribution in [3.05, 3.63) is 56.7 Å². The summed E-state index contributed by atoms with van der Waals surface area (Å²) in [5.74, 6) is -0.798. The van der Waals surface area contributed by atoms with Gasteiger partial charge in [0.2, 0.25) is 0 Å². The summed E-state index contributed by atoms with van der Waals surface area (Å²) in [4.78, 5) is 25.6. The summed E-state index contributed by atoms with van der Waals surface area (Å²) in [5, 5.41) is 6.12. The van der Waals surface area contributed by atoms with Gasteiger partial charge in [-0.05, 0) is 59.2 Å². The van der Waals surface area contributed by atoms with Gasteiger partial charge in [-0.15, -0.1) is 11.3 Å². The van der Waals surface area contributed by atoms with E-state index in [2.05, 4.69) is 16.8 Å². The zero-order valence-electron chi connectivity index (χ0n) is 20.6. The molecule has 1 aliphatic heterocycles. The summed E-state index contributed by atoms with van der Waals surface area (Å²) in [7, 11) is -2.66. The van der Waals surface area contributed by atoms with Gasteiger partial charge in [0.15, 0.2) is 0 Å². The van der Waals surface area contributed by atoms with E-state index in [4.69, 9.17) is 20.9 Å². The fraction of sp³-hybridized carbons (Fsp3) is 0.538. The molecule has 0 amide bonds. The zero-order valence-corrected chi connectivity index (χ0v) is 23.0. The van der Waals surface area contributed by atoms with Crippen molar-refractivity contribution >= 4 is 44.8 Å². The van der Waals surface area contributed by atoms with Crippen molar-refractivity contribution in [1.29, 1.82) is 0 Å². The van der Waals surface area contributed by atoms with Crippen LogP contribution < -0.4 is 5.32 Å². The van der Waals surface area contributed by atoms with Crippen LogP contribution in [0.1, 0.15) is 61.1 Å². The molecule has 2 heterocycles. The maximum Gasteiger partial charge on any atom is 0.315 e. The Hall–Kier alpha value is -1.78. The lowest BCUT2D eigenvalue weighted by molar-refractivity contribution is -0.143. The standard InChI is InChI=1S/C16H16ClNO2S.C10H16O4S/c1-20-16(19)14(10-4-2-3-5-12(10)17)15-11-7-9-21-13(11)6-8-18-15;1-9(2)7-3-4-10(9,8(11)5-7)6-15(12,13)14/h2-5,7,9,14-15,18H,6,8H2,1H3;7H,3-6H2,1-2H3,(H,12,13,14)/t14?,15-;/m1./s1. The molecule has 7 nitrogen and oxygen atoms in total. The van der Waals surface area contributed by atoms with Crippen LogP contribution in [0.25, 0.3) is 0 Å². The van der Waals surface area contributed by atoms with Gasteiger partial charge in [0.05, 0.1) is 24.3 Å². The van der Waals surface area contributed by atoms with Crippen molar-refractivity contribution in [2.24, 2.45) is 16.7 Å². The third-order valence-corrected chi connectivity index (χ3v) is 10.6. The van der Waals surface area contributed by atoms with E-state index in [1.807, 2.05) is 38.1 Å². The lowest BCUT2D eigenvalue weighted by atomic mass is 9.70. The van der Waals surface area contributed by atoms with Gasteiger partial charge in [-0.1, -0.05) is 43.6 Å². The second-order valence-electron chi connectivity index (χ2n) is 10.4. The molecule has 2 bridgehead atoms. The van der Waals surface area contributed by atoms with Crippen LogP contribution in [0.3, 0.4) is 0 Å². The highest BCUT2D eigenvalue weighted by Gasteiger charge is 2.65. The monoisotopic (exact) mass is 553 g/mol. The summed E-state index contributed by atoms with van der Waals surface area (Å²) < 4.78 is 36.0. The van der Waals surface area contributed by atoms with E-state index in [1.165, 1.54) is 17.6 Å². The molecule has 3 unspecified atom stereocenters. The molecule has 5 rings (SSSR count). The second-order valence-corrected chi connectivity index (χ2v) is 13.3. The van der Waals surface area contributed by atoms with Crippen LogP contribution in [-0.2, 0) is 30.9 Å². The van der Waals surface area contributed by atoms with Crippen molar-refractivity contribution in [3.8, 4) is 0 Å². The maximum atomic E-state index is 12.4. The van der Waals surface area contributed by atoms with Crippen molar-refractivity contribution in [2.45, 2.75) is 51.5 Å². The smallest absolute Gasteiger partial charge is 0.315 e. The fourth-order valence-corrected chi connectivity index (χ4v) is 8.78. The molecule has 2 saturated carbocycles. The van der Waals surface area contributed by atoms with Gasteiger partial charge >= 0.3 is 5.97 Å². The Kier molecular flexibility index (Phi) is 7.70. The molecule has 2 aliphatic carbocycles. The van der Waals surface area contributed by atoms with Crippen molar-refractivity contribution < 1.29 is 27.3 Å². The zero-order chi connectivity index (χ0) is 26.3. The summed E-state index contributed by atoms with van der Waals surface area (Å²) in [6.45, 7) is 4.75. The Morgan fingerprint density at radius 2 is 2.03 bits per heavy atom. The van der Waals surface area contributed by atoms with Gasteiger partial charge in [-0.3, -0.25) is 14.1 Å². The van der Waals surface area contributed by atoms with E-state index in [1.54, 1.807) is 11.3 Å². The van der Waals surface area contributed by atoms with Gasteiger partial charge in [0.25, 0.3) is 10.1 Å². The van der Waals surface area contributed by atoms with Crippen molar-refractivity contribution in [3.63, 3.8) is 0 Å². The molecule has 4 atom stereocenters. The number of carbonyl (C=O) groups is 2. The van der Waals surface area contributed by atoms with Crippen LogP contribution in [-0.4, -0.2) is 44.1 Å². The molecule has 1 aromatic heterocycles. The lowest BCUT2D eigenvalue weighted by Gasteiger charge is -2.35. The van der Waals surface area contributed by atoms with Crippen molar-refractivity contribution in [2.75, 3.05) is 19.4 Å². The Bertz CT molecular complexity index is 1260. The highest BCUT2D eigenvalue weighted by atomic mass is 35.5. The summed E-state index contributed by atoms with van der Waals surface area (Å²) in [6.07, 6.45) is 2.97. The number of fused-ring (bicyclic) bond motifs is 3. The number of Topliss-reactive ketones (excluding diaryl/α,β-unsaturated/α-hetero) is 1. The number of benzene rings is 1. The van der Waals surface area contributed by atoms with Crippen LogP contribution in [0.15, 0.2) is 35.7 Å². The normalized spacial score (nSPS) is 27.1. The van der Waals surface area contributed by atoms with E-state index in [0.717, 1.165) is 24.9 Å². The Labute approximate surface area is 221 Å². The quantitative estimate of drug-likeness (QED) is 0.403. The molecule has 0 saturated heterocycles. The van der Waals surface area contributed by atoms with Crippen LogP contribution >= 0.6 is 22.9 Å². The molecule has 3 aliphatic rings. The van der Waals surface area contributed by atoms with Crippen LogP contribution in [0, 0.1) is 16.7 Å². The number of hydrogen-bond acceptors (Lipinski definition) is 7. The molecule has 0 spiro atoms. The summed E-state index contributed by atoms with van der Waals surface area (Å²) in [6, 6.07) is 9.46. The minimum atomic E-state index is -4.08. The lowest BCUT2D eigenvalue weighted by Crippen LogP contribution is -2.42. The fourth-order valence-electron chi connectivity index (χ4n) is 6.30. The molecule has 2 aromatic rings. The van der Waals surface area contributed by atoms with E-state index in [9.17, 15) is 18.0 Å². The molecule has 1 aromatic carbocycles. The Morgan fingerprint density at radius 1 is 1.31 bits per heavy atom. The molecule has 36 heavy (non-hydrogen) atoms. The molecule has 10 heteroatoms. The van der Waals surface area contributed by atoms with E-state index < -0.39 is 27.2 Å². The van der Waals surface area contributed by atoms with Gasteiger partial charge in [-0.2, -0.15) is 8.42 Å². The first-order valence-corrected chi connectivity index (χ1v) is 14.9. The number of methoxy groups -OCH3 is 1. The molecular weight excluding hydrogens is 522 g/mol. The first-order chi connectivity index (χ1) is 16.9. The first-order valence-electron chi connectivity index (χ1n) is 12.0. The van der Waals surface area contributed by atoms with Crippen LogP contribution in [0.2, 0.25) is 5.02 Å². The molecule has 196 valence electrons. The Morgan fingerprint density at radius 3 is 2.61 bits per heavy atom. The molecular formula is C26H32ClNO6S2. The van der Waals surface area contributed by atoms with Gasteiger partial charge < -0.3 is 10.1 Å². The van der Waals surface area contributed by atoms with E-state index in [0.29, 0.717) is 17.9 Å². The predicted molar refractivity (Wildman–Crippen MR) is 140 cm³/mol. The number of thiophene rings is 1. The average Bonchev–Trinajstić information content (AvgIpc) is 3.43. The minimum absolute atomic E-state index is 0.0152. The van der Waals surface area contributed by atoms with E-state index >= 15 is 0 Å². The number of ketones is 1.